The summed E-state index contributed by atoms with van der Waals surface area (Å²) in [6.45, 7) is 6.74. The van der Waals surface area contributed by atoms with E-state index in [2.05, 4.69) is 46.7 Å². The third-order valence-corrected chi connectivity index (χ3v) is 5.50. The highest BCUT2D eigenvalue weighted by Gasteiger charge is 2.30. The Kier molecular flexibility index (Phi) is 9.86. The summed E-state index contributed by atoms with van der Waals surface area (Å²) in [6, 6.07) is 9.85. The van der Waals surface area contributed by atoms with Gasteiger partial charge in [-0.2, -0.15) is 0 Å². The van der Waals surface area contributed by atoms with E-state index in [0.717, 1.165) is 25.1 Å². The highest BCUT2D eigenvalue weighted by molar-refractivity contribution is 14.0. The van der Waals surface area contributed by atoms with Gasteiger partial charge in [0.2, 0.25) is 0 Å². The summed E-state index contributed by atoms with van der Waals surface area (Å²) in [5, 5.41) is 7.05. The molecule has 2 N–H and O–H groups in total. The van der Waals surface area contributed by atoms with Crippen LogP contribution in [0.2, 0.25) is 0 Å². The van der Waals surface area contributed by atoms with Crippen LogP contribution >= 0.6 is 24.0 Å². The molecular weight excluding hydrogens is 451 g/mol. The molecule has 1 unspecified atom stereocenters. The van der Waals surface area contributed by atoms with Crippen molar-refractivity contribution < 1.29 is 4.74 Å². The van der Waals surface area contributed by atoms with Crippen molar-refractivity contribution >= 4 is 29.9 Å². The number of nitrogens with zero attached hydrogens (tertiary/aromatic N) is 2. The van der Waals surface area contributed by atoms with Crippen LogP contribution in [0.15, 0.2) is 29.3 Å². The smallest absolute Gasteiger partial charge is 0.191 e. The Hall–Kier alpha value is -0.860. The van der Waals surface area contributed by atoms with Crippen LogP contribution in [0.1, 0.15) is 50.2 Å². The first kappa shape index (κ1) is 22.4. The summed E-state index contributed by atoms with van der Waals surface area (Å²) in [5.74, 6) is 0.937. The Morgan fingerprint density at radius 1 is 1.15 bits per heavy atom. The van der Waals surface area contributed by atoms with Gasteiger partial charge in [0.05, 0.1) is 13.2 Å². The van der Waals surface area contributed by atoms with Crippen molar-refractivity contribution in [3.8, 4) is 0 Å². The third kappa shape index (κ3) is 6.91. The van der Waals surface area contributed by atoms with Crippen molar-refractivity contribution in [2.45, 2.75) is 64.3 Å². The van der Waals surface area contributed by atoms with Gasteiger partial charge in [-0.1, -0.05) is 37.1 Å². The molecule has 0 bridgehead atoms. The Morgan fingerprint density at radius 3 is 2.52 bits per heavy atom. The molecule has 152 valence electrons. The molecule has 1 saturated heterocycles. The van der Waals surface area contributed by atoms with Crippen molar-refractivity contribution in [3.05, 3.63) is 35.4 Å². The first-order valence-corrected chi connectivity index (χ1v) is 10.1. The molecule has 1 aliphatic carbocycles. The van der Waals surface area contributed by atoms with Crippen LogP contribution in [-0.2, 0) is 17.9 Å². The molecule has 2 fully saturated rings. The van der Waals surface area contributed by atoms with Gasteiger partial charge in [-0.15, -0.1) is 24.0 Å². The molecule has 1 atom stereocenters. The lowest BCUT2D eigenvalue weighted by Crippen LogP contribution is -2.45. The van der Waals surface area contributed by atoms with E-state index in [4.69, 9.17) is 9.73 Å². The van der Waals surface area contributed by atoms with Gasteiger partial charge < -0.3 is 15.4 Å². The summed E-state index contributed by atoms with van der Waals surface area (Å²) >= 11 is 0. The first-order chi connectivity index (χ1) is 12.8. The fraction of sp³-hybridized carbons (Fsp3) is 0.667. The second-order valence-corrected chi connectivity index (χ2v) is 7.51. The molecule has 1 saturated carbocycles. The summed E-state index contributed by atoms with van der Waals surface area (Å²) in [5.41, 5.74) is 2.42. The Labute approximate surface area is 181 Å². The number of benzene rings is 1. The van der Waals surface area contributed by atoms with Gasteiger partial charge in [0.1, 0.15) is 0 Å². The molecule has 1 aromatic rings. The van der Waals surface area contributed by atoms with Gasteiger partial charge in [0, 0.05) is 38.8 Å². The third-order valence-electron chi connectivity index (χ3n) is 5.50. The molecule has 0 amide bonds. The van der Waals surface area contributed by atoms with Crippen LogP contribution in [0.3, 0.4) is 0 Å². The second kappa shape index (κ2) is 11.9. The summed E-state index contributed by atoms with van der Waals surface area (Å²) in [4.78, 5) is 7.47. The Bertz CT molecular complexity index is 572. The average Bonchev–Trinajstić information content (AvgIpc) is 3.33. The number of hydrogen-bond acceptors (Lipinski definition) is 3. The number of nitrogens with one attached hydrogen (secondary N) is 2. The van der Waals surface area contributed by atoms with Crippen molar-refractivity contribution in [2.24, 2.45) is 4.99 Å². The normalized spacial score (nSPS) is 21.3. The monoisotopic (exact) mass is 486 g/mol. The van der Waals surface area contributed by atoms with Crippen molar-refractivity contribution in [3.63, 3.8) is 0 Å². The highest BCUT2D eigenvalue weighted by atomic mass is 127. The van der Waals surface area contributed by atoms with Crippen LogP contribution in [0, 0.1) is 0 Å². The van der Waals surface area contributed by atoms with E-state index in [0.29, 0.717) is 19.2 Å². The molecule has 0 radical (unpaired) electrons. The fourth-order valence-electron chi connectivity index (χ4n) is 4.10. The summed E-state index contributed by atoms with van der Waals surface area (Å²) in [7, 11) is 1.73. The Balaban J connectivity index is 0.00000261. The first-order valence-electron chi connectivity index (χ1n) is 10.1. The summed E-state index contributed by atoms with van der Waals surface area (Å²) < 4.78 is 5.17. The number of guanidine groups is 1. The van der Waals surface area contributed by atoms with E-state index in [-0.39, 0.29) is 24.0 Å². The number of aliphatic imine (C=N–C) groups is 1. The van der Waals surface area contributed by atoms with Crippen LogP contribution in [0.5, 0.6) is 0 Å². The standard InChI is InChI=1S/C21H34N4O.HI/c1-3-22-21(23-14-17-8-10-18(11-9-17)16-26-2)24-19-12-13-25(15-19)20-6-4-5-7-20;/h8-11,19-20H,3-7,12-16H2,1-2H3,(H2,22,23,24);1H. The Morgan fingerprint density at radius 2 is 1.85 bits per heavy atom. The van der Waals surface area contributed by atoms with Gasteiger partial charge in [-0.05, 0) is 37.3 Å². The SMILES string of the molecule is CCNC(=NCc1ccc(COC)cc1)NC1CCN(C2CCCC2)C1.I. The van der Waals surface area contributed by atoms with Crippen LogP contribution < -0.4 is 10.6 Å². The molecule has 1 aliphatic heterocycles. The molecule has 27 heavy (non-hydrogen) atoms. The van der Waals surface area contributed by atoms with Crippen LogP contribution in [0.25, 0.3) is 0 Å². The number of rotatable bonds is 7. The lowest BCUT2D eigenvalue weighted by atomic mass is 10.1. The van der Waals surface area contributed by atoms with Crippen LogP contribution in [-0.4, -0.2) is 49.7 Å². The molecule has 6 heteroatoms. The number of hydrogen-bond donors (Lipinski definition) is 2. The quantitative estimate of drug-likeness (QED) is 0.352. The molecule has 5 nitrogen and oxygen atoms in total. The minimum Gasteiger partial charge on any atom is -0.380 e. The zero-order valence-electron chi connectivity index (χ0n) is 16.7. The maximum Gasteiger partial charge on any atom is 0.191 e. The zero-order chi connectivity index (χ0) is 18.2. The van der Waals surface area contributed by atoms with E-state index in [1.54, 1.807) is 7.11 Å². The van der Waals surface area contributed by atoms with Crippen molar-refractivity contribution in [1.29, 1.82) is 0 Å². The van der Waals surface area contributed by atoms with Gasteiger partial charge in [0.15, 0.2) is 5.96 Å². The van der Waals surface area contributed by atoms with E-state index >= 15 is 0 Å². The van der Waals surface area contributed by atoms with Crippen LogP contribution in [0.4, 0.5) is 0 Å². The molecule has 0 spiro atoms. The average molecular weight is 486 g/mol. The number of ether oxygens (including phenoxy) is 1. The minimum absolute atomic E-state index is 0. The van der Waals surface area contributed by atoms with Crippen molar-refractivity contribution in [2.75, 3.05) is 26.7 Å². The molecule has 3 rings (SSSR count). The van der Waals surface area contributed by atoms with Gasteiger partial charge in [-0.3, -0.25) is 4.90 Å². The lowest BCUT2D eigenvalue weighted by Gasteiger charge is -2.24. The maximum atomic E-state index is 5.17. The number of likely N-dealkylation sites (tertiary alicyclic amines) is 1. The predicted octanol–water partition coefficient (Wildman–Crippen LogP) is 3.52. The number of halogens is 1. The van der Waals surface area contributed by atoms with Gasteiger partial charge >= 0.3 is 0 Å². The number of methoxy groups -OCH3 is 1. The van der Waals surface area contributed by atoms with E-state index in [9.17, 15) is 0 Å². The van der Waals surface area contributed by atoms with Gasteiger partial charge in [-0.25, -0.2) is 4.99 Å². The molecule has 1 aromatic carbocycles. The second-order valence-electron chi connectivity index (χ2n) is 7.51. The zero-order valence-corrected chi connectivity index (χ0v) is 19.1. The highest BCUT2D eigenvalue weighted by Crippen LogP contribution is 2.26. The largest absolute Gasteiger partial charge is 0.380 e. The molecular formula is C21H35IN4O. The minimum atomic E-state index is 0. The van der Waals surface area contributed by atoms with E-state index in [1.165, 1.54) is 49.8 Å². The van der Waals surface area contributed by atoms with E-state index in [1.807, 2.05) is 0 Å². The maximum absolute atomic E-state index is 5.17. The summed E-state index contributed by atoms with van der Waals surface area (Å²) in [6.07, 6.45) is 6.81. The van der Waals surface area contributed by atoms with E-state index < -0.39 is 0 Å². The fourth-order valence-corrected chi connectivity index (χ4v) is 4.10. The topological polar surface area (TPSA) is 48.9 Å². The lowest BCUT2D eigenvalue weighted by molar-refractivity contribution is 0.185. The molecule has 2 aliphatic rings. The predicted molar refractivity (Wildman–Crippen MR) is 123 cm³/mol. The van der Waals surface area contributed by atoms with Crippen molar-refractivity contribution in [1.82, 2.24) is 15.5 Å². The molecule has 0 aromatic heterocycles. The molecule has 1 heterocycles. The van der Waals surface area contributed by atoms with Gasteiger partial charge in [0.25, 0.3) is 0 Å².